The molecule has 1 heterocycles. The van der Waals surface area contributed by atoms with E-state index in [1.165, 1.54) is 41.2 Å². The van der Waals surface area contributed by atoms with Crippen molar-refractivity contribution in [1.29, 1.82) is 0 Å². The van der Waals surface area contributed by atoms with Gasteiger partial charge in [-0.3, -0.25) is 0 Å². The molecule has 0 aliphatic rings. The summed E-state index contributed by atoms with van der Waals surface area (Å²) in [5, 5.41) is 2.56. The number of aromatic nitrogens is 2. The smallest absolute Gasteiger partial charge is 0.138 e. The van der Waals surface area contributed by atoms with E-state index >= 15 is 0 Å². The number of imidazole rings is 1. The number of aromatic amines is 1. The van der Waals surface area contributed by atoms with Crippen LogP contribution in [0.1, 0.15) is 31.7 Å². The van der Waals surface area contributed by atoms with E-state index in [9.17, 15) is 0 Å². The second-order valence-corrected chi connectivity index (χ2v) is 5.22. The third kappa shape index (κ3) is 2.46. The Bertz CT molecular complexity index is 684. The van der Waals surface area contributed by atoms with Crippen molar-refractivity contribution >= 4 is 10.8 Å². The lowest BCUT2D eigenvalue weighted by Crippen LogP contribution is -1.94. The molecule has 0 bridgehead atoms. The van der Waals surface area contributed by atoms with Gasteiger partial charge >= 0.3 is 0 Å². The van der Waals surface area contributed by atoms with E-state index in [1.54, 1.807) is 0 Å². The highest BCUT2D eigenvalue weighted by molar-refractivity contribution is 5.96. The van der Waals surface area contributed by atoms with Crippen LogP contribution in [0.4, 0.5) is 0 Å². The minimum absolute atomic E-state index is 0.980. The highest BCUT2D eigenvalue weighted by atomic mass is 14.9. The number of unbranched alkanes of at least 4 members (excludes halogenated alkanes) is 2. The molecule has 0 radical (unpaired) electrons. The summed E-state index contributed by atoms with van der Waals surface area (Å²) in [7, 11) is 0. The minimum Gasteiger partial charge on any atom is -0.345 e. The lowest BCUT2D eigenvalue weighted by molar-refractivity contribution is 0.718. The maximum Gasteiger partial charge on any atom is 0.138 e. The van der Waals surface area contributed by atoms with Gasteiger partial charge in [-0.05, 0) is 29.2 Å². The minimum atomic E-state index is 0.980. The maximum atomic E-state index is 4.47. The average molecular weight is 264 g/mol. The molecule has 1 aromatic heterocycles. The molecular weight excluding hydrogens is 244 g/mol. The van der Waals surface area contributed by atoms with Crippen LogP contribution in [0.3, 0.4) is 0 Å². The van der Waals surface area contributed by atoms with Gasteiger partial charge in [0.05, 0.1) is 0 Å². The molecule has 2 aromatic carbocycles. The van der Waals surface area contributed by atoms with Crippen LogP contribution in [-0.2, 0) is 6.42 Å². The van der Waals surface area contributed by atoms with E-state index in [1.807, 2.05) is 12.4 Å². The van der Waals surface area contributed by atoms with Gasteiger partial charge in [0.2, 0.25) is 0 Å². The van der Waals surface area contributed by atoms with Gasteiger partial charge in [0, 0.05) is 18.0 Å². The van der Waals surface area contributed by atoms with E-state index in [-0.39, 0.29) is 0 Å². The first-order chi connectivity index (χ1) is 9.90. The molecule has 0 spiro atoms. The molecule has 1 N–H and O–H groups in total. The largest absolute Gasteiger partial charge is 0.345 e. The SMILES string of the molecule is CCCCCc1ccc2ccccc2c1-c1ncc[nH]1. The van der Waals surface area contributed by atoms with Crippen molar-refractivity contribution in [3.63, 3.8) is 0 Å². The Morgan fingerprint density at radius 2 is 1.95 bits per heavy atom. The standard InChI is InChI=1S/C18H20N2/c1-2-3-4-8-15-11-10-14-7-5-6-9-16(14)17(15)18-19-12-13-20-18/h5-7,9-13H,2-4,8H2,1H3,(H,19,20). The monoisotopic (exact) mass is 264 g/mol. The molecule has 0 fully saturated rings. The summed E-state index contributed by atoms with van der Waals surface area (Å²) in [4.78, 5) is 7.74. The number of hydrogen-bond acceptors (Lipinski definition) is 1. The van der Waals surface area contributed by atoms with E-state index in [0.29, 0.717) is 0 Å². The fraction of sp³-hybridized carbons (Fsp3) is 0.278. The van der Waals surface area contributed by atoms with Gasteiger partial charge in [0.1, 0.15) is 5.82 Å². The molecule has 3 aromatic rings. The lowest BCUT2D eigenvalue weighted by Gasteiger charge is -2.11. The summed E-state index contributed by atoms with van der Waals surface area (Å²) >= 11 is 0. The van der Waals surface area contributed by atoms with Crippen LogP contribution in [-0.4, -0.2) is 9.97 Å². The first-order valence-corrected chi connectivity index (χ1v) is 7.40. The first kappa shape index (κ1) is 12.9. The molecule has 0 aliphatic heterocycles. The number of H-pyrrole nitrogens is 1. The molecular formula is C18H20N2. The van der Waals surface area contributed by atoms with E-state index in [4.69, 9.17) is 0 Å². The molecule has 0 amide bonds. The van der Waals surface area contributed by atoms with Gasteiger partial charge in [-0.25, -0.2) is 4.98 Å². The third-order valence-corrected chi connectivity index (χ3v) is 3.80. The van der Waals surface area contributed by atoms with Gasteiger partial charge < -0.3 is 4.98 Å². The second-order valence-electron chi connectivity index (χ2n) is 5.22. The van der Waals surface area contributed by atoms with E-state index < -0.39 is 0 Å². The van der Waals surface area contributed by atoms with Crippen LogP contribution in [0.15, 0.2) is 48.8 Å². The molecule has 2 nitrogen and oxygen atoms in total. The second kappa shape index (κ2) is 5.91. The van der Waals surface area contributed by atoms with Crippen molar-refractivity contribution in [2.45, 2.75) is 32.6 Å². The Labute approximate surface area is 119 Å². The Morgan fingerprint density at radius 3 is 2.75 bits per heavy atom. The average Bonchev–Trinajstić information content (AvgIpc) is 3.01. The quantitative estimate of drug-likeness (QED) is 0.648. The zero-order chi connectivity index (χ0) is 13.8. The molecule has 2 heteroatoms. The molecule has 0 unspecified atom stereocenters. The molecule has 0 saturated carbocycles. The predicted molar refractivity (Wildman–Crippen MR) is 84.8 cm³/mol. The Kier molecular flexibility index (Phi) is 3.82. The summed E-state index contributed by atoms with van der Waals surface area (Å²) < 4.78 is 0. The maximum absolute atomic E-state index is 4.47. The summed E-state index contributed by atoms with van der Waals surface area (Å²) in [5.41, 5.74) is 2.66. The van der Waals surface area contributed by atoms with Crippen LogP contribution < -0.4 is 0 Å². The van der Waals surface area contributed by atoms with Crippen LogP contribution in [0.5, 0.6) is 0 Å². The van der Waals surface area contributed by atoms with Crippen molar-refractivity contribution < 1.29 is 0 Å². The van der Waals surface area contributed by atoms with Crippen LogP contribution in [0, 0.1) is 0 Å². The number of fused-ring (bicyclic) bond motifs is 1. The number of hydrogen-bond donors (Lipinski definition) is 1. The molecule has 0 atom stereocenters. The molecule has 20 heavy (non-hydrogen) atoms. The molecule has 102 valence electrons. The number of benzene rings is 2. The van der Waals surface area contributed by atoms with E-state index in [0.717, 1.165) is 12.2 Å². The van der Waals surface area contributed by atoms with Gasteiger partial charge in [0.25, 0.3) is 0 Å². The zero-order valence-corrected chi connectivity index (χ0v) is 11.9. The van der Waals surface area contributed by atoms with Gasteiger partial charge in [0.15, 0.2) is 0 Å². The van der Waals surface area contributed by atoms with Gasteiger partial charge in [-0.2, -0.15) is 0 Å². The Hall–Kier alpha value is -2.09. The molecule has 0 aliphatic carbocycles. The lowest BCUT2D eigenvalue weighted by atomic mass is 9.95. The highest BCUT2D eigenvalue weighted by Crippen LogP contribution is 2.31. The van der Waals surface area contributed by atoms with E-state index in [2.05, 4.69) is 53.3 Å². The summed E-state index contributed by atoms with van der Waals surface area (Å²) in [6, 6.07) is 13.0. The fourth-order valence-electron chi connectivity index (χ4n) is 2.77. The summed E-state index contributed by atoms with van der Waals surface area (Å²) in [6.45, 7) is 2.24. The van der Waals surface area contributed by atoms with Gasteiger partial charge in [-0.15, -0.1) is 0 Å². The zero-order valence-electron chi connectivity index (χ0n) is 11.9. The van der Waals surface area contributed by atoms with Crippen LogP contribution in [0.25, 0.3) is 22.2 Å². The molecule has 3 rings (SSSR count). The molecule has 0 saturated heterocycles. The Balaban J connectivity index is 2.11. The number of nitrogens with one attached hydrogen (secondary N) is 1. The van der Waals surface area contributed by atoms with Gasteiger partial charge in [-0.1, -0.05) is 56.2 Å². The van der Waals surface area contributed by atoms with Crippen LogP contribution >= 0.6 is 0 Å². The number of nitrogens with zero attached hydrogens (tertiary/aromatic N) is 1. The number of rotatable bonds is 5. The summed E-state index contributed by atoms with van der Waals surface area (Å²) in [6.07, 6.45) is 8.62. The van der Waals surface area contributed by atoms with Crippen molar-refractivity contribution in [1.82, 2.24) is 9.97 Å². The normalized spacial score (nSPS) is 11.1. The van der Waals surface area contributed by atoms with Crippen molar-refractivity contribution in [3.8, 4) is 11.4 Å². The predicted octanol–water partition coefficient (Wildman–Crippen LogP) is 4.96. The third-order valence-electron chi connectivity index (χ3n) is 3.80. The summed E-state index contributed by atoms with van der Waals surface area (Å²) in [5.74, 6) is 0.980. The number of aryl methyl sites for hydroxylation is 1. The van der Waals surface area contributed by atoms with Crippen molar-refractivity contribution in [2.75, 3.05) is 0 Å². The first-order valence-electron chi connectivity index (χ1n) is 7.40. The van der Waals surface area contributed by atoms with Crippen LogP contribution in [0.2, 0.25) is 0 Å². The fourth-order valence-corrected chi connectivity index (χ4v) is 2.77. The van der Waals surface area contributed by atoms with Crippen molar-refractivity contribution in [3.05, 3.63) is 54.4 Å². The van der Waals surface area contributed by atoms with Crippen molar-refractivity contribution in [2.24, 2.45) is 0 Å². The Morgan fingerprint density at radius 1 is 1.05 bits per heavy atom. The highest BCUT2D eigenvalue weighted by Gasteiger charge is 2.11. The topological polar surface area (TPSA) is 28.7 Å².